The molecule has 4 aromatic rings. The van der Waals surface area contributed by atoms with Gasteiger partial charge in [0.25, 0.3) is 0 Å². The van der Waals surface area contributed by atoms with Crippen LogP contribution in [0, 0.1) is 0 Å². The summed E-state index contributed by atoms with van der Waals surface area (Å²) >= 11 is 6.87. The van der Waals surface area contributed by atoms with E-state index in [-0.39, 0.29) is 18.1 Å². The lowest BCUT2D eigenvalue weighted by molar-refractivity contribution is 0.0899. The van der Waals surface area contributed by atoms with Crippen molar-refractivity contribution in [3.05, 3.63) is 29.5 Å². The van der Waals surface area contributed by atoms with Crippen molar-refractivity contribution in [1.82, 2.24) is 34.8 Å². The van der Waals surface area contributed by atoms with Gasteiger partial charge >= 0.3 is 6.09 Å². The molecule has 0 spiro atoms. The lowest BCUT2D eigenvalue weighted by Gasteiger charge is -2.39. The number of ether oxygens (including phenoxy) is 1. The lowest BCUT2D eigenvalue weighted by atomic mass is 9.97. The average molecular weight is 583 g/mol. The highest BCUT2D eigenvalue weighted by Crippen LogP contribution is 2.41. The molecule has 2 fully saturated rings. The first-order chi connectivity index (χ1) is 19.1. The molecule has 1 amide bonds. The molecule has 2 N–H and O–H groups in total. The third-order valence-corrected chi connectivity index (χ3v) is 10.1. The predicted molar refractivity (Wildman–Crippen MR) is 158 cm³/mol. The van der Waals surface area contributed by atoms with Crippen molar-refractivity contribution in [2.24, 2.45) is 7.05 Å². The fraction of sp³-hybridized carbons (Fsp3) is 0.519. The van der Waals surface area contributed by atoms with Crippen LogP contribution in [0.5, 0.6) is 0 Å². The molecule has 3 aromatic heterocycles. The maximum atomic E-state index is 11.2. The highest BCUT2D eigenvalue weighted by Gasteiger charge is 2.42. The SMILES string of the molecule is Cn1nc2ccc(-c3cn(COCC[Si](C)(C)C)c4nc(N5[C@@H]6CC[C@H]5CC(NC(=O)O)C6)cnc34)c(Cl)c2n1. The van der Waals surface area contributed by atoms with Gasteiger partial charge in [-0.05, 0) is 37.8 Å². The number of nitrogens with one attached hydrogen (secondary N) is 1. The quantitative estimate of drug-likeness (QED) is 0.217. The number of carbonyl (C=O) groups is 1. The number of hydrogen-bond acceptors (Lipinski definition) is 7. The fourth-order valence-electron chi connectivity index (χ4n) is 6.10. The number of halogens is 1. The summed E-state index contributed by atoms with van der Waals surface area (Å²) < 4.78 is 8.16. The van der Waals surface area contributed by atoms with Crippen molar-refractivity contribution in [1.29, 1.82) is 0 Å². The molecule has 11 nitrogen and oxygen atoms in total. The molecule has 212 valence electrons. The predicted octanol–water partition coefficient (Wildman–Crippen LogP) is 5.11. The molecular formula is C27H35ClN8O3Si. The van der Waals surface area contributed by atoms with E-state index in [1.54, 1.807) is 7.05 Å². The molecule has 0 aliphatic carbocycles. The largest absolute Gasteiger partial charge is 0.465 e. The van der Waals surface area contributed by atoms with Crippen molar-refractivity contribution in [2.45, 2.75) is 76.2 Å². The molecule has 2 saturated heterocycles. The summed E-state index contributed by atoms with van der Waals surface area (Å²) in [5.41, 5.74) is 4.56. The van der Waals surface area contributed by atoms with Gasteiger partial charge in [0.1, 0.15) is 29.1 Å². The number of aromatic nitrogens is 6. The van der Waals surface area contributed by atoms with Crippen LogP contribution in [0.4, 0.5) is 10.6 Å². The van der Waals surface area contributed by atoms with Crippen molar-refractivity contribution in [3.63, 3.8) is 0 Å². The Kier molecular flexibility index (Phi) is 6.95. The second-order valence-corrected chi connectivity index (χ2v) is 18.2. The number of amides is 1. The molecule has 2 bridgehead atoms. The number of carboxylic acid groups (broad SMARTS) is 1. The van der Waals surface area contributed by atoms with Gasteiger partial charge in [-0.15, -0.1) is 0 Å². The molecule has 0 radical (unpaired) electrons. The van der Waals surface area contributed by atoms with Crippen molar-refractivity contribution in [2.75, 3.05) is 11.5 Å². The Morgan fingerprint density at radius 3 is 2.60 bits per heavy atom. The van der Waals surface area contributed by atoms with Gasteiger partial charge in [-0.3, -0.25) is 0 Å². The lowest BCUT2D eigenvalue weighted by Crippen LogP contribution is -2.50. The van der Waals surface area contributed by atoms with Gasteiger partial charge in [-0.25, -0.2) is 14.8 Å². The van der Waals surface area contributed by atoms with Gasteiger partial charge in [-0.1, -0.05) is 37.3 Å². The Morgan fingerprint density at radius 2 is 1.90 bits per heavy atom. The number of rotatable bonds is 8. The first kappa shape index (κ1) is 27.0. The van der Waals surface area contributed by atoms with Gasteiger partial charge < -0.3 is 24.6 Å². The Bertz CT molecular complexity index is 1570. The standard InChI is InChI=1S/C27H35ClN8O3Si/c1-34-32-21-8-7-19(23(28)25(21)33-34)20-14-35(15-39-9-10-40(2,3)4)26-24(20)29-13-22(31-26)36-17-5-6-18(36)12-16(11-17)30-27(37)38/h7-8,13-14,16-18,30H,5-6,9-12,15H2,1-4H3,(H,37,38)/t16?,17-,18+. The Balaban J connectivity index is 1.37. The zero-order valence-corrected chi connectivity index (χ0v) is 25.0. The van der Waals surface area contributed by atoms with Crippen molar-refractivity contribution >= 4 is 53.8 Å². The first-order valence-electron chi connectivity index (χ1n) is 13.8. The van der Waals surface area contributed by atoms with Gasteiger partial charge in [0.15, 0.2) is 5.65 Å². The van der Waals surface area contributed by atoms with Crippen LogP contribution in [0.2, 0.25) is 30.7 Å². The summed E-state index contributed by atoms with van der Waals surface area (Å²) in [7, 11) is 0.551. The van der Waals surface area contributed by atoms with E-state index >= 15 is 0 Å². The molecule has 1 aromatic carbocycles. The van der Waals surface area contributed by atoms with Gasteiger partial charge in [0.05, 0.1) is 11.2 Å². The normalized spacial score (nSPS) is 21.0. The number of fused-ring (bicyclic) bond motifs is 4. The van der Waals surface area contributed by atoms with E-state index in [4.69, 9.17) is 26.3 Å². The topological polar surface area (TPSA) is 123 Å². The van der Waals surface area contributed by atoms with Crippen LogP contribution in [-0.2, 0) is 18.5 Å². The molecule has 1 unspecified atom stereocenters. The maximum Gasteiger partial charge on any atom is 0.404 e. The van der Waals surface area contributed by atoms with E-state index in [0.29, 0.717) is 23.9 Å². The molecule has 3 atom stereocenters. The van der Waals surface area contributed by atoms with Crippen molar-refractivity contribution < 1.29 is 14.6 Å². The number of benzene rings is 1. The van der Waals surface area contributed by atoms with Crippen LogP contribution in [0.1, 0.15) is 25.7 Å². The molecule has 2 aliphatic rings. The number of aryl methyl sites for hydroxylation is 1. The molecule has 2 aliphatic heterocycles. The minimum Gasteiger partial charge on any atom is -0.465 e. The second kappa shape index (κ2) is 10.3. The second-order valence-electron chi connectivity index (χ2n) is 12.2. The summed E-state index contributed by atoms with van der Waals surface area (Å²) in [5.74, 6) is 0.817. The summed E-state index contributed by atoms with van der Waals surface area (Å²) in [6, 6.07) is 5.38. The Labute approximate surface area is 238 Å². The Morgan fingerprint density at radius 1 is 1.15 bits per heavy atom. The number of piperidine rings is 1. The van der Waals surface area contributed by atoms with Crippen molar-refractivity contribution in [3.8, 4) is 11.1 Å². The van der Waals surface area contributed by atoms with E-state index in [1.165, 1.54) is 4.80 Å². The van der Waals surface area contributed by atoms with Crippen LogP contribution in [0.25, 0.3) is 33.3 Å². The number of nitrogens with zero attached hydrogens (tertiary/aromatic N) is 7. The van der Waals surface area contributed by atoms with Crippen LogP contribution < -0.4 is 10.2 Å². The third-order valence-electron chi connectivity index (χ3n) is 7.99. The summed E-state index contributed by atoms with van der Waals surface area (Å²) in [4.78, 5) is 25.2. The van der Waals surface area contributed by atoms with Crippen LogP contribution in [-0.4, -0.2) is 73.5 Å². The highest BCUT2D eigenvalue weighted by atomic mass is 35.5. The van der Waals surface area contributed by atoms with Gasteiger partial charge in [0, 0.05) is 57.2 Å². The Hall–Kier alpha value is -3.22. The minimum absolute atomic E-state index is 0.0312. The first-order valence-corrected chi connectivity index (χ1v) is 17.9. The summed E-state index contributed by atoms with van der Waals surface area (Å²) in [6.07, 6.45) is 6.46. The van der Waals surface area contributed by atoms with E-state index < -0.39 is 14.2 Å². The highest BCUT2D eigenvalue weighted by molar-refractivity contribution is 6.76. The summed E-state index contributed by atoms with van der Waals surface area (Å²) in [6.45, 7) is 8.07. The summed E-state index contributed by atoms with van der Waals surface area (Å²) in [5, 5.41) is 21.3. The smallest absolute Gasteiger partial charge is 0.404 e. The van der Waals surface area contributed by atoms with Crippen LogP contribution >= 0.6 is 11.6 Å². The van der Waals surface area contributed by atoms with E-state index in [1.807, 2.05) is 29.1 Å². The maximum absolute atomic E-state index is 11.2. The molecule has 13 heteroatoms. The molecule has 5 heterocycles. The van der Waals surface area contributed by atoms with E-state index in [2.05, 4.69) is 40.1 Å². The monoisotopic (exact) mass is 582 g/mol. The van der Waals surface area contributed by atoms with Crippen LogP contribution in [0.3, 0.4) is 0 Å². The zero-order chi connectivity index (χ0) is 28.2. The van der Waals surface area contributed by atoms with E-state index in [0.717, 1.165) is 65.4 Å². The van der Waals surface area contributed by atoms with Gasteiger partial charge in [-0.2, -0.15) is 15.0 Å². The third kappa shape index (κ3) is 5.15. The zero-order valence-electron chi connectivity index (χ0n) is 23.3. The molecule has 0 saturated carbocycles. The van der Waals surface area contributed by atoms with E-state index in [9.17, 15) is 9.90 Å². The average Bonchev–Trinajstić information content (AvgIpc) is 3.52. The number of anilines is 1. The molecule has 40 heavy (non-hydrogen) atoms. The molecule has 6 rings (SSSR count). The molecular weight excluding hydrogens is 548 g/mol. The van der Waals surface area contributed by atoms with Gasteiger partial charge in [0.2, 0.25) is 0 Å². The fourth-order valence-corrected chi connectivity index (χ4v) is 7.16. The minimum atomic E-state index is -1.23. The number of hydrogen-bond donors (Lipinski definition) is 2. The van der Waals surface area contributed by atoms with Crippen LogP contribution in [0.15, 0.2) is 24.5 Å².